The molecule has 1 aliphatic rings. The van der Waals surface area contributed by atoms with Gasteiger partial charge in [0.05, 0.1) is 0 Å². The van der Waals surface area contributed by atoms with Crippen molar-refractivity contribution in [2.75, 3.05) is 18.0 Å². The zero-order chi connectivity index (χ0) is 15.7. The lowest BCUT2D eigenvalue weighted by molar-refractivity contribution is 0.471. The standard InChI is InChI=1S/C16H24N6/c1-11(2)14-9-15(19-12(3)18-14)22-7-5-13(6-8-22)16-20-17-10-21(16)4/h9-11,13H,5-8H2,1-4H3. The summed E-state index contributed by atoms with van der Waals surface area (Å²) in [4.78, 5) is 11.5. The van der Waals surface area contributed by atoms with Gasteiger partial charge in [-0.3, -0.25) is 0 Å². The highest BCUT2D eigenvalue weighted by atomic mass is 15.3. The van der Waals surface area contributed by atoms with Crippen LogP contribution in [-0.4, -0.2) is 37.8 Å². The number of hydrogen-bond acceptors (Lipinski definition) is 5. The maximum absolute atomic E-state index is 4.63. The summed E-state index contributed by atoms with van der Waals surface area (Å²) in [5.74, 6) is 3.94. The van der Waals surface area contributed by atoms with Crippen LogP contribution in [0.5, 0.6) is 0 Å². The summed E-state index contributed by atoms with van der Waals surface area (Å²) in [5, 5.41) is 8.25. The summed E-state index contributed by atoms with van der Waals surface area (Å²) >= 11 is 0. The number of aromatic nitrogens is 5. The second-order valence-electron chi connectivity index (χ2n) is 6.41. The van der Waals surface area contributed by atoms with Gasteiger partial charge >= 0.3 is 0 Å². The lowest BCUT2D eigenvalue weighted by Crippen LogP contribution is -2.34. The highest BCUT2D eigenvalue weighted by Crippen LogP contribution is 2.29. The van der Waals surface area contributed by atoms with Crippen LogP contribution in [0.4, 0.5) is 5.82 Å². The molecule has 0 amide bonds. The molecule has 1 saturated heterocycles. The van der Waals surface area contributed by atoms with Gasteiger partial charge in [-0.15, -0.1) is 10.2 Å². The molecule has 6 nitrogen and oxygen atoms in total. The van der Waals surface area contributed by atoms with Crippen molar-refractivity contribution in [1.82, 2.24) is 24.7 Å². The Labute approximate surface area is 131 Å². The Kier molecular flexibility index (Phi) is 4.09. The zero-order valence-corrected chi connectivity index (χ0v) is 13.8. The molecule has 118 valence electrons. The molecule has 1 fully saturated rings. The molecular weight excluding hydrogens is 276 g/mol. The molecule has 2 aromatic rings. The van der Waals surface area contributed by atoms with Gasteiger partial charge in [0.1, 0.15) is 23.8 Å². The Balaban J connectivity index is 1.73. The maximum atomic E-state index is 4.63. The molecule has 22 heavy (non-hydrogen) atoms. The molecule has 6 heteroatoms. The Hall–Kier alpha value is -1.98. The number of aryl methyl sites for hydroxylation is 2. The van der Waals surface area contributed by atoms with E-state index in [2.05, 4.69) is 45.0 Å². The molecule has 2 aromatic heterocycles. The van der Waals surface area contributed by atoms with Gasteiger partial charge in [0.25, 0.3) is 0 Å². The average Bonchev–Trinajstić information content (AvgIpc) is 2.93. The van der Waals surface area contributed by atoms with Crippen molar-refractivity contribution in [2.24, 2.45) is 7.05 Å². The highest BCUT2D eigenvalue weighted by Gasteiger charge is 2.25. The van der Waals surface area contributed by atoms with Crippen molar-refractivity contribution in [3.63, 3.8) is 0 Å². The predicted octanol–water partition coefficient (Wildman–Crippen LogP) is 2.42. The third-order valence-corrected chi connectivity index (χ3v) is 4.37. The van der Waals surface area contributed by atoms with Gasteiger partial charge in [-0.2, -0.15) is 0 Å². The van der Waals surface area contributed by atoms with E-state index >= 15 is 0 Å². The smallest absolute Gasteiger partial charge is 0.135 e. The van der Waals surface area contributed by atoms with Gasteiger partial charge < -0.3 is 9.47 Å². The number of nitrogens with zero attached hydrogens (tertiary/aromatic N) is 6. The number of anilines is 1. The van der Waals surface area contributed by atoms with Crippen molar-refractivity contribution in [3.8, 4) is 0 Å². The fourth-order valence-corrected chi connectivity index (χ4v) is 3.06. The molecule has 0 atom stereocenters. The zero-order valence-electron chi connectivity index (χ0n) is 13.8. The molecule has 0 spiro atoms. The lowest BCUT2D eigenvalue weighted by atomic mass is 9.96. The summed E-state index contributed by atoms with van der Waals surface area (Å²) in [6.07, 6.45) is 3.96. The third kappa shape index (κ3) is 2.96. The normalized spacial score (nSPS) is 16.5. The number of hydrogen-bond donors (Lipinski definition) is 0. The van der Waals surface area contributed by atoms with Gasteiger partial charge in [-0.1, -0.05) is 13.8 Å². The molecule has 0 aliphatic carbocycles. The van der Waals surface area contributed by atoms with Gasteiger partial charge in [0.2, 0.25) is 0 Å². The maximum Gasteiger partial charge on any atom is 0.135 e. The molecule has 0 radical (unpaired) electrons. The van der Waals surface area contributed by atoms with E-state index in [-0.39, 0.29) is 0 Å². The first-order valence-electron chi connectivity index (χ1n) is 7.99. The molecule has 0 bridgehead atoms. The SMILES string of the molecule is Cc1nc(C(C)C)cc(N2CCC(c3nncn3C)CC2)n1. The van der Waals surface area contributed by atoms with Gasteiger partial charge in [0.15, 0.2) is 0 Å². The van der Waals surface area contributed by atoms with Gasteiger partial charge in [-0.25, -0.2) is 9.97 Å². The van der Waals surface area contributed by atoms with E-state index in [0.29, 0.717) is 11.8 Å². The third-order valence-electron chi connectivity index (χ3n) is 4.37. The minimum Gasteiger partial charge on any atom is -0.356 e. The summed E-state index contributed by atoms with van der Waals surface area (Å²) in [6.45, 7) is 8.33. The Morgan fingerprint density at radius 1 is 1.18 bits per heavy atom. The predicted molar refractivity (Wildman–Crippen MR) is 86.0 cm³/mol. The largest absolute Gasteiger partial charge is 0.356 e. The molecule has 0 unspecified atom stereocenters. The van der Waals surface area contributed by atoms with Crippen molar-refractivity contribution >= 4 is 5.82 Å². The fourth-order valence-electron chi connectivity index (χ4n) is 3.06. The highest BCUT2D eigenvalue weighted by molar-refractivity contribution is 5.41. The van der Waals surface area contributed by atoms with E-state index in [1.807, 2.05) is 18.5 Å². The second kappa shape index (κ2) is 6.02. The molecule has 1 aliphatic heterocycles. The van der Waals surface area contributed by atoms with Gasteiger partial charge in [-0.05, 0) is 25.7 Å². The van der Waals surface area contributed by atoms with E-state index in [0.717, 1.165) is 49.1 Å². The summed E-state index contributed by atoms with van der Waals surface area (Å²) < 4.78 is 2.03. The van der Waals surface area contributed by atoms with E-state index in [4.69, 9.17) is 0 Å². The summed E-state index contributed by atoms with van der Waals surface area (Å²) in [6, 6.07) is 2.14. The molecular formula is C16H24N6. The van der Waals surface area contributed by atoms with Crippen LogP contribution in [0.3, 0.4) is 0 Å². The van der Waals surface area contributed by atoms with Crippen LogP contribution in [0.25, 0.3) is 0 Å². The van der Waals surface area contributed by atoms with Crippen molar-refractivity contribution in [3.05, 3.63) is 29.7 Å². The average molecular weight is 300 g/mol. The molecule has 0 saturated carbocycles. The van der Waals surface area contributed by atoms with E-state index < -0.39 is 0 Å². The van der Waals surface area contributed by atoms with E-state index in [9.17, 15) is 0 Å². The van der Waals surface area contributed by atoms with Crippen LogP contribution in [-0.2, 0) is 7.05 Å². The van der Waals surface area contributed by atoms with Gasteiger partial charge in [0, 0.05) is 37.8 Å². The number of rotatable bonds is 3. The Morgan fingerprint density at radius 2 is 1.91 bits per heavy atom. The first-order valence-corrected chi connectivity index (χ1v) is 7.99. The topological polar surface area (TPSA) is 59.7 Å². The minimum atomic E-state index is 0.427. The van der Waals surface area contributed by atoms with Crippen LogP contribution in [0.15, 0.2) is 12.4 Å². The number of piperidine rings is 1. The monoisotopic (exact) mass is 300 g/mol. The molecule has 3 rings (SSSR count). The lowest BCUT2D eigenvalue weighted by Gasteiger charge is -2.32. The first kappa shape index (κ1) is 14.9. The summed E-state index contributed by atoms with van der Waals surface area (Å²) in [7, 11) is 2.02. The first-order chi connectivity index (χ1) is 10.5. The van der Waals surface area contributed by atoms with Crippen molar-refractivity contribution in [1.29, 1.82) is 0 Å². The Bertz CT molecular complexity index is 640. The van der Waals surface area contributed by atoms with Crippen molar-refractivity contribution < 1.29 is 0 Å². The second-order valence-corrected chi connectivity index (χ2v) is 6.41. The van der Waals surface area contributed by atoms with Crippen LogP contribution in [0.1, 0.15) is 55.9 Å². The fraction of sp³-hybridized carbons (Fsp3) is 0.625. The van der Waals surface area contributed by atoms with Crippen LogP contribution >= 0.6 is 0 Å². The molecule has 3 heterocycles. The minimum absolute atomic E-state index is 0.427. The summed E-state index contributed by atoms with van der Waals surface area (Å²) in [5.41, 5.74) is 1.12. The van der Waals surface area contributed by atoms with Crippen molar-refractivity contribution in [2.45, 2.75) is 45.4 Å². The van der Waals surface area contributed by atoms with Crippen LogP contribution in [0.2, 0.25) is 0 Å². The van der Waals surface area contributed by atoms with E-state index in [1.54, 1.807) is 6.33 Å². The van der Waals surface area contributed by atoms with Crippen LogP contribution in [0, 0.1) is 6.92 Å². The van der Waals surface area contributed by atoms with Crippen LogP contribution < -0.4 is 4.90 Å². The molecule has 0 aromatic carbocycles. The quantitative estimate of drug-likeness (QED) is 0.871. The Morgan fingerprint density at radius 3 is 2.50 bits per heavy atom. The molecule has 0 N–H and O–H groups in total. The van der Waals surface area contributed by atoms with E-state index in [1.165, 1.54) is 0 Å².